The number of nitrogens with zero attached hydrogens (tertiary/aromatic N) is 1. The van der Waals surface area contributed by atoms with Gasteiger partial charge < -0.3 is 11.1 Å². The number of amides is 2. The molecule has 8 heteroatoms. The van der Waals surface area contributed by atoms with Crippen molar-refractivity contribution in [3.05, 3.63) is 59.7 Å². The van der Waals surface area contributed by atoms with Crippen molar-refractivity contribution in [2.75, 3.05) is 18.1 Å². The molecule has 0 saturated heterocycles. The van der Waals surface area contributed by atoms with Gasteiger partial charge in [-0.1, -0.05) is 24.3 Å². The first-order valence-corrected chi connectivity index (χ1v) is 10.3. The van der Waals surface area contributed by atoms with E-state index in [0.717, 1.165) is 17.4 Å². The average molecular weight is 387 g/mol. The maximum Gasteiger partial charge on any atom is 0.238 e. The molecule has 0 aromatic heterocycles. The zero-order valence-electron chi connectivity index (χ0n) is 14.9. The molecular formula is C19H21N3O4S. The van der Waals surface area contributed by atoms with Gasteiger partial charge in [0.25, 0.3) is 0 Å². The molecule has 0 saturated carbocycles. The summed E-state index contributed by atoms with van der Waals surface area (Å²) in [4.78, 5) is 26.2. The van der Waals surface area contributed by atoms with Crippen LogP contribution in [0.3, 0.4) is 0 Å². The summed E-state index contributed by atoms with van der Waals surface area (Å²) in [6.45, 7) is 0.472. The van der Waals surface area contributed by atoms with Crippen molar-refractivity contribution in [3.8, 4) is 0 Å². The standard InChI is InChI=1S/C19H21N3O4S/c1-27(25,26)16-8-6-15(7-9-16)21-18(23)12-22-11-14-5-3-2-4-13(14)10-17(22)19(20)24/h2-9,17H,10-12H2,1H3,(H2,20,24)(H,21,23). The third-order valence-electron chi connectivity index (χ3n) is 4.59. The third-order valence-corrected chi connectivity index (χ3v) is 5.72. The van der Waals surface area contributed by atoms with Crippen LogP contribution in [0.4, 0.5) is 5.69 Å². The van der Waals surface area contributed by atoms with Crippen molar-refractivity contribution in [2.24, 2.45) is 5.73 Å². The molecule has 2 aromatic rings. The van der Waals surface area contributed by atoms with Crippen molar-refractivity contribution >= 4 is 27.3 Å². The fraction of sp³-hybridized carbons (Fsp3) is 0.263. The Bertz CT molecular complexity index is 971. The Kier molecular flexibility index (Phi) is 5.29. The topological polar surface area (TPSA) is 110 Å². The van der Waals surface area contributed by atoms with Crippen LogP contribution >= 0.6 is 0 Å². The molecule has 3 N–H and O–H groups in total. The molecule has 7 nitrogen and oxygen atoms in total. The Hall–Kier alpha value is -2.71. The Morgan fingerprint density at radius 3 is 2.33 bits per heavy atom. The van der Waals surface area contributed by atoms with Crippen LogP contribution in [-0.4, -0.2) is 44.0 Å². The van der Waals surface area contributed by atoms with Crippen molar-refractivity contribution in [1.82, 2.24) is 4.90 Å². The van der Waals surface area contributed by atoms with Gasteiger partial charge in [0.05, 0.1) is 17.5 Å². The maximum absolute atomic E-state index is 12.4. The zero-order chi connectivity index (χ0) is 19.6. The Morgan fingerprint density at radius 1 is 1.11 bits per heavy atom. The molecule has 0 aliphatic carbocycles. The molecule has 1 aliphatic heterocycles. The van der Waals surface area contributed by atoms with Gasteiger partial charge in [0.1, 0.15) is 0 Å². The smallest absolute Gasteiger partial charge is 0.238 e. The molecule has 27 heavy (non-hydrogen) atoms. The lowest BCUT2D eigenvalue weighted by molar-refractivity contribution is -0.125. The average Bonchev–Trinajstić information content (AvgIpc) is 2.60. The van der Waals surface area contributed by atoms with Crippen molar-refractivity contribution in [1.29, 1.82) is 0 Å². The van der Waals surface area contributed by atoms with Crippen LogP contribution in [-0.2, 0) is 32.4 Å². The van der Waals surface area contributed by atoms with E-state index in [1.54, 1.807) is 4.90 Å². The van der Waals surface area contributed by atoms with Crippen molar-refractivity contribution in [2.45, 2.75) is 23.9 Å². The van der Waals surface area contributed by atoms with Gasteiger partial charge in [-0.3, -0.25) is 14.5 Å². The number of fused-ring (bicyclic) bond motifs is 1. The fourth-order valence-corrected chi connectivity index (χ4v) is 3.82. The molecule has 0 fully saturated rings. The lowest BCUT2D eigenvalue weighted by atomic mass is 9.93. The Morgan fingerprint density at radius 2 is 1.74 bits per heavy atom. The molecule has 1 heterocycles. The lowest BCUT2D eigenvalue weighted by Crippen LogP contribution is -2.50. The second-order valence-corrected chi connectivity index (χ2v) is 8.66. The monoisotopic (exact) mass is 387 g/mol. The van der Waals surface area contributed by atoms with E-state index >= 15 is 0 Å². The highest BCUT2D eigenvalue weighted by atomic mass is 32.2. The van der Waals surface area contributed by atoms with Crippen molar-refractivity contribution < 1.29 is 18.0 Å². The number of nitrogens with one attached hydrogen (secondary N) is 1. The van der Waals surface area contributed by atoms with Crippen LogP contribution in [0.15, 0.2) is 53.4 Å². The number of benzene rings is 2. The highest BCUT2D eigenvalue weighted by Gasteiger charge is 2.31. The fourth-order valence-electron chi connectivity index (χ4n) is 3.19. The molecule has 0 radical (unpaired) electrons. The zero-order valence-corrected chi connectivity index (χ0v) is 15.7. The largest absolute Gasteiger partial charge is 0.368 e. The molecule has 2 amide bonds. The number of hydrogen-bond acceptors (Lipinski definition) is 5. The minimum absolute atomic E-state index is 0.00969. The van der Waals surface area contributed by atoms with Crippen LogP contribution in [0.25, 0.3) is 0 Å². The Balaban J connectivity index is 1.70. The number of carbonyl (C=O) groups excluding carboxylic acids is 2. The highest BCUT2D eigenvalue weighted by molar-refractivity contribution is 7.90. The predicted molar refractivity (Wildman–Crippen MR) is 102 cm³/mol. The molecule has 0 spiro atoms. The summed E-state index contributed by atoms with van der Waals surface area (Å²) in [6.07, 6.45) is 1.60. The van der Waals surface area contributed by atoms with Gasteiger partial charge in [0, 0.05) is 18.5 Å². The van der Waals surface area contributed by atoms with Gasteiger partial charge >= 0.3 is 0 Å². The first-order valence-electron chi connectivity index (χ1n) is 8.44. The second-order valence-electron chi connectivity index (χ2n) is 6.64. The minimum atomic E-state index is -3.29. The number of nitrogens with two attached hydrogens (primary N) is 1. The second kappa shape index (κ2) is 7.50. The normalized spacial score (nSPS) is 17.1. The van der Waals surface area contributed by atoms with Gasteiger partial charge in [-0.15, -0.1) is 0 Å². The molecule has 0 bridgehead atoms. The lowest BCUT2D eigenvalue weighted by Gasteiger charge is -2.34. The van der Waals surface area contributed by atoms with E-state index in [0.29, 0.717) is 18.7 Å². The number of hydrogen-bond donors (Lipinski definition) is 2. The van der Waals surface area contributed by atoms with E-state index in [2.05, 4.69) is 5.32 Å². The summed E-state index contributed by atoms with van der Waals surface area (Å²) < 4.78 is 23.0. The van der Waals surface area contributed by atoms with Crippen LogP contribution in [0.2, 0.25) is 0 Å². The summed E-state index contributed by atoms with van der Waals surface area (Å²) in [7, 11) is -3.29. The molecular weight excluding hydrogens is 366 g/mol. The molecule has 2 aromatic carbocycles. The molecule has 1 aliphatic rings. The van der Waals surface area contributed by atoms with E-state index in [4.69, 9.17) is 5.73 Å². The van der Waals surface area contributed by atoms with Gasteiger partial charge in [-0.2, -0.15) is 0 Å². The van der Waals surface area contributed by atoms with Gasteiger partial charge in [0.15, 0.2) is 9.84 Å². The maximum atomic E-state index is 12.4. The highest BCUT2D eigenvalue weighted by Crippen LogP contribution is 2.23. The third kappa shape index (κ3) is 4.53. The Labute approximate surface area is 158 Å². The first kappa shape index (κ1) is 19.1. The minimum Gasteiger partial charge on any atom is -0.368 e. The van der Waals surface area contributed by atoms with Crippen LogP contribution in [0, 0.1) is 0 Å². The van der Waals surface area contributed by atoms with E-state index in [1.807, 2.05) is 24.3 Å². The number of sulfone groups is 1. The SMILES string of the molecule is CS(=O)(=O)c1ccc(NC(=O)CN2Cc3ccccc3CC2C(N)=O)cc1. The number of carbonyl (C=O) groups is 2. The summed E-state index contributed by atoms with van der Waals surface area (Å²) in [5.74, 6) is -0.762. The number of rotatable bonds is 5. The van der Waals surface area contributed by atoms with Gasteiger partial charge in [0.2, 0.25) is 11.8 Å². The van der Waals surface area contributed by atoms with Crippen LogP contribution < -0.4 is 11.1 Å². The quantitative estimate of drug-likeness (QED) is 0.794. The van der Waals surface area contributed by atoms with Crippen LogP contribution in [0.1, 0.15) is 11.1 Å². The summed E-state index contributed by atoms with van der Waals surface area (Å²) in [5.41, 5.74) is 8.15. The predicted octanol–water partition coefficient (Wildman–Crippen LogP) is 0.941. The molecule has 142 valence electrons. The van der Waals surface area contributed by atoms with E-state index in [-0.39, 0.29) is 17.3 Å². The molecule has 1 atom stereocenters. The molecule has 1 unspecified atom stereocenters. The van der Waals surface area contributed by atoms with Gasteiger partial charge in [-0.25, -0.2) is 8.42 Å². The molecule has 3 rings (SSSR count). The number of anilines is 1. The summed E-state index contributed by atoms with van der Waals surface area (Å²) in [5, 5.41) is 2.72. The summed E-state index contributed by atoms with van der Waals surface area (Å²) in [6, 6.07) is 13.2. The summed E-state index contributed by atoms with van der Waals surface area (Å²) >= 11 is 0. The van der Waals surface area contributed by atoms with Crippen LogP contribution in [0.5, 0.6) is 0 Å². The number of primary amides is 1. The first-order chi connectivity index (χ1) is 12.7. The van der Waals surface area contributed by atoms with Crippen molar-refractivity contribution in [3.63, 3.8) is 0 Å². The van der Waals surface area contributed by atoms with E-state index in [9.17, 15) is 18.0 Å². The van der Waals surface area contributed by atoms with E-state index in [1.165, 1.54) is 24.3 Å². The van der Waals surface area contributed by atoms with Gasteiger partial charge in [-0.05, 0) is 41.8 Å². The van der Waals surface area contributed by atoms with E-state index < -0.39 is 21.8 Å².